The number of quaternary nitrogens is 1. The molecule has 0 unspecified atom stereocenters. The molecule has 0 spiro atoms. The van der Waals surface area contributed by atoms with Crippen LogP contribution in [0.3, 0.4) is 0 Å². The second kappa shape index (κ2) is 8.67. The topological polar surface area (TPSA) is 71.3 Å². The van der Waals surface area contributed by atoms with Crippen LogP contribution in [0.4, 0.5) is 0 Å². The number of aliphatic hydroxyl groups excluding tert-OH is 1. The van der Waals surface area contributed by atoms with Crippen LogP contribution in [0.15, 0.2) is 53.1 Å². The van der Waals surface area contributed by atoms with Crippen LogP contribution < -0.4 is 4.90 Å². The fourth-order valence-electron chi connectivity index (χ4n) is 3.84. The molecule has 1 atom stereocenters. The minimum atomic E-state index is -0.630. The molecule has 1 aromatic heterocycles. The van der Waals surface area contributed by atoms with Crippen molar-refractivity contribution in [3.05, 3.63) is 68.6 Å². The number of nitrogens with one attached hydrogen (secondary N) is 1. The quantitative estimate of drug-likeness (QED) is 0.682. The number of ketones is 1. The standard InChI is InChI=1S/C21H21ClN2O4S/c22-15-5-3-14(4-6-15)18-17(19(25)16-2-1-13-29-16)20(26)21(27)24(18)8-7-23-9-11-28-12-10-23/h1-6,13,18,26H,7-12H2/p+1/t18-/m1/s1. The van der Waals surface area contributed by atoms with E-state index in [9.17, 15) is 14.7 Å². The van der Waals surface area contributed by atoms with Gasteiger partial charge in [-0.05, 0) is 29.1 Å². The molecule has 8 heteroatoms. The SMILES string of the molecule is O=C(C1=C(O)C(=O)N(CC[NH+]2CCOCC2)[C@@H]1c1ccc(Cl)cc1)c1cccs1. The molecule has 1 aromatic carbocycles. The van der Waals surface area contributed by atoms with Crippen LogP contribution in [-0.2, 0) is 9.53 Å². The number of aliphatic hydroxyl groups is 1. The Labute approximate surface area is 177 Å². The van der Waals surface area contributed by atoms with E-state index >= 15 is 0 Å². The minimum absolute atomic E-state index is 0.136. The van der Waals surface area contributed by atoms with Crippen LogP contribution in [0.2, 0.25) is 5.02 Å². The van der Waals surface area contributed by atoms with E-state index in [4.69, 9.17) is 16.3 Å². The Morgan fingerprint density at radius 1 is 1.24 bits per heavy atom. The average Bonchev–Trinajstić information content (AvgIpc) is 3.36. The predicted octanol–water partition coefficient (Wildman–Crippen LogP) is 1.89. The van der Waals surface area contributed by atoms with E-state index in [1.54, 1.807) is 46.7 Å². The molecule has 6 nitrogen and oxygen atoms in total. The number of hydrogen-bond donors (Lipinski definition) is 2. The summed E-state index contributed by atoms with van der Waals surface area (Å²) in [6.45, 7) is 4.34. The van der Waals surface area contributed by atoms with Gasteiger partial charge in [-0.3, -0.25) is 9.59 Å². The number of carbonyl (C=O) groups is 2. The van der Waals surface area contributed by atoms with Gasteiger partial charge < -0.3 is 19.6 Å². The van der Waals surface area contributed by atoms with E-state index in [-0.39, 0.29) is 11.4 Å². The van der Waals surface area contributed by atoms with Gasteiger partial charge in [0.15, 0.2) is 5.76 Å². The first-order valence-corrected chi connectivity index (χ1v) is 10.8. The van der Waals surface area contributed by atoms with E-state index in [0.29, 0.717) is 29.7 Å². The zero-order valence-electron chi connectivity index (χ0n) is 15.8. The number of morpholine rings is 1. The number of halogens is 1. The van der Waals surface area contributed by atoms with Crippen LogP contribution in [0.5, 0.6) is 0 Å². The number of hydrogen-bond acceptors (Lipinski definition) is 5. The van der Waals surface area contributed by atoms with Crippen molar-refractivity contribution >= 4 is 34.6 Å². The first kappa shape index (κ1) is 20.1. The van der Waals surface area contributed by atoms with Gasteiger partial charge >= 0.3 is 0 Å². The molecule has 2 N–H and O–H groups in total. The smallest absolute Gasteiger partial charge is 0.290 e. The monoisotopic (exact) mass is 433 g/mol. The Morgan fingerprint density at radius 2 is 1.97 bits per heavy atom. The number of carbonyl (C=O) groups excluding carboxylic acids is 2. The Balaban J connectivity index is 1.66. The van der Waals surface area contributed by atoms with Crippen molar-refractivity contribution in [2.75, 3.05) is 39.4 Å². The first-order valence-electron chi connectivity index (χ1n) is 9.55. The number of amides is 1. The van der Waals surface area contributed by atoms with E-state index < -0.39 is 17.7 Å². The molecule has 1 saturated heterocycles. The summed E-state index contributed by atoms with van der Waals surface area (Å²) < 4.78 is 5.40. The van der Waals surface area contributed by atoms with Crippen LogP contribution in [-0.4, -0.2) is 61.1 Å². The molecule has 29 heavy (non-hydrogen) atoms. The van der Waals surface area contributed by atoms with Gasteiger partial charge in [-0.1, -0.05) is 29.8 Å². The fraction of sp³-hybridized carbons (Fsp3) is 0.333. The highest BCUT2D eigenvalue weighted by Crippen LogP contribution is 2.39. The average molecular weight is 434 g/mol. The van der Waals surface area contributed by atoms with Crippen molar-refractivity contribution in [3.8, 4) is 0 Å². The molecular weight excluding hydrogens is 412 g/mol. The molecule has 2 aromatic rings. The summed E-state index contributed by atoms with van der Waals surface area (Å²) >= 11 is 7.33. The third-order valence-electron chi connectivity index (χ3n) is 5.39. The zero-order chi connectivity index (χ0) is 20.4. The normalized spacial score (nSPS) is 20.5. The molecule has 1 fully saturated rings. The van der Waals surface area contributed by atoms with Gasteiger partial charge in [0.1, 0.15) is 13.1 Å². The molecule has 1 amide bonds. The molecule has 2 aliphatic rings. The van der Waals surface area contributed by atoms with Gasteiger partial charge in [-0.15, -0.1) is 11.3 Å². The Hall–Kier alpha value is -2.19. The van der Waals surface area contributed by atoms with E-state index in [1.807, 2.05) is 0 Å². The number of nitrogens with zero attached hydrogens (tertiary/aromatic N) is 1. The summed E-state index contributed by atoms with van der Waals surface area (Å²) in [6.07, 6.45) is 0. The lowest BCUT2D eigenvalue weighted by atomic mass is 9.95. The molecule has 4 rings (SSSR count). The van der Waals surface area contributed by atoms with E-state index in [0.717, 1.165) is 25.2 Å². The summed E-state index contributed by atoms with van der Waals surface area (Å²) in [7, 11) is 0. The molecule has 0 bridgehead atoms. The van der Waals surface area contributed by atoms with Crippen molar-refractivity contribution < 1.29 is 24.3 Å². The molecule has 152 valence electrons. The van der Waals surface area contributed by atoms with Crippen LogP contribution >= 0.6 is 22.9 Å². The molecular formula is C21H22ClN2O4S+. The third-order valence-corrected chi connectivity index (χ3v) is 6.51. The molecule has 2 aliphatic heterocycles. The van der Waals surface area contributed by atoms with Gasteiger partial charge in [-0.2, -0.15) is 0 Å². The molecule has 0 saturated carbocycles. The van der Waals surface area contributed by atoms with Crippen molar-refractivity contribution in [2.24, 2.45) is 0 Å². The van der Waals surface area contributed by atoms with Crippen LogP contribution in [0.25, 0.3) is 0 Å². The number of ether oxygens (including phenoxy) is 1. The number of rotatable bonds is 6. The number of Topliss-reactive ketones (excluding diaryl/α,β-unsaturated/α-hetero) is 1. The van der Waals surface area contributed by atoms with E-state index in [2.05, 4.69) is 0 Å². The zero-order valence-corrected chi connectivity index (χ0v) is 17.3. The Morgan fingerprint density at radius 3 is 2.62 bits per heavy atom. The van der Waals surface area contributed by atoms with Crippen LogP contribution in [0, 0.1) is 0 Å². The third kappa shape index (κ3) is 4.09. The van der Waals surface area contributed by atoms with Crippen LogP contribution in [0.1, 0.15) is 21.3 Å². The van der Waals surface area contributed by atoms with Gasteiger partial charge in [-0.25, -0.2) is 0 Å². The highest BCUT2D eigenvalue weighted by Gasteiger charge is 2.44. The first-order chi connectivity index (χ1) is 14.1. The highest BCUT2D eigenvalue weighted by molar-refractivity contribution is 7.12. The number of thiophene rings is 1. The maximum absolute atomic E-state index is 13.1. The predicted molar refractivity (Wildman–Crippen MR) is 111 cm³/mol. The summed E-state index contributed by atoms with van der Waals surface area (Å²) in [5.74, 6) is -1.27. The number of benzene rings is 1. The second-order valence-corrected chi connectivity index (χ2v) is 8.52. The fourth-order valence-corrected chi connectivity index (χ4v) is 4.64. The lowest BCUT2D eigenvalue weighted by Crippen LogP contribution is -3.14. The van der Waals surface area contributed by atoms with Crippen molar-refractivity contribution in [2.45, 2.75) is 6.04 Å². The summed E-state index contributed by atoms with van der Waals surface area (Å²) in [5.41, 5.74) is 0.889. The van der Waals surface area contributed by atoms with Crippen molar-refractivity contribution in [3.63, 3.8) is 0 Å². The van der Waals surface area contributed by atoms with Gasteiger partial charge in [0, 0.05) is 5.02 Å². The Bertz CT molecular complexity index is 921. The maximum Gasteiger partial charge on any atom is 0.290 e. The molecule has 0 radical (unpaired) electrons. The van der Waals surface area contributed by atoms with Gasteiger partial charge in [0.05, 0.1) is 42.8 Å². The summed E-state index contributed by atoms with van der Waals surface area (Å²) in [4.78, 5) is 29.5. The summed E-state index contributed by atoms with van der Waals surface area (Å²) in [5, 5.41) is 13.0. The lowest BCUT2D eigenvalue weighted by molar-refractivity contribution is -0.907. The van der Waals surface area contributed by atoms with Crippen molar-refractivity contribution in [1.82, 2.24) is 4.90 Å². The lowest BCUT2D eigenvalue weighted by Gasteiger charge is -2.30. The molecule has 3 heterocycles. The summed E-state index contributed by atoms with van der Waals surface area (Å²) in [6, 6.07) is 9.92. The van der Waals surface area contributed by atoms with E-state index in [1.165, 1.54) is 16.2 Å². The maximum atomic E-state index is 13.1. The Kier molecular flexibility index (Phi) is 6.01. The van der Waals surface area contributed by atoms with Gasteiger partial charge in [0.25, 0.3) is 5.91 Å². The largest absolute Gasteiger partial charge is 0.503 e. The molecule has 0 aliphatic carbocycles. The minimum Gasteiger partial charge on any atom is -0.503 e. The van der Waals surface area contributed by atoms with Crippen molar-refractivity contribution in [1.29, 1.82) is 0 Å². The second-order valence-electron chi connectivity index (χ2n) is 7.13. The van der Waals surface area contributed by atoms with Gasteiger partial charge in [0.2, 0.25) is 5.78 Å². The highest BCUT2D eigenvalue weighted by atomic mass is 35.5.